The van der Waals surface area contributed by atoms with Crippen LogP contribution in [0.1, 0.15) is 6.92 Å². The molecule has 0 aromatic carbocycles. The Hall–Kier alpha value is -1.83. The molecule has 2 heterocycles. The van der Waals surface area contributed by atoms with Gasteiger partial charge in [0.05, 0.1) is 31.4 Å². The largest absolute Gasteiger partial charge is 0.470 e. The maximum Gasteiger partial charge on any atom is 0.470 e. The zero-order valence-corrected chi connectivity index (χ0v) is 24.5. The zero-order valence-electron chi connectivity index (χ0n) is 23.6. The van der Waals surface area contributed by atoms with E-state index in [1.807, 2.05) is 0 Å². The highest BCUT2D eigenvalue weighted by Crippen LogP contribution is 2.43. The maximum absolute atomic E-state index is 11.7. The van der Waals surface area contributed by atoms with Gasteiger partial charge < -0.3 is 92.3 Å². The number of nitrogens with two attached hydrogens (primary N) is 3. The van der Waals surface area contributed by atoms with Gasteiger partial charge in [-0.05, 0) is 14.0 Å². The lowest BCUT2D eigenvalue weighted by molar-refractivity contribution is -0.316. The number of hydrogen-bond donors (Lipinski definition) is 15. The SMILES string of the molecule is CN[C@@H]1[C@H](O[C@H]2[C@H](O[C@H]3[C@H](O)[C@@H](O)[C@H](N=C(N)N)[C@@H](O)[C@@H]3NC(=N)N)O[C@@H](C)[C@]2(O)CO)O[C@@H](CO)[C@H](O)[C@H]1OP(=O)(O)O. The van der Waals surface area contributed by atoms with E-state index in [4.69, 9.17) is 46.1 Å². The predicted octanol–water partition coefficient (Wildman–Crippen LogP) is -8.04. The molecule has 0 bridgehead atoms. The quantitative estimate of drug-likeness (QED) is 0.0554. The summed E-state index contributed by atoms with van der Waals surface area (Å²) in [6.07, 6.45) is -18.6. The van der Waals surface area contributed by atoms with E-state index in [2.05, 4.69) is 15.6 Å². The Morgan fingerprint density at radius 3 is 2.11 bits per heavy atom. The molecule has 3 rings (SSSR count). The van der Waals surface area contributed by atoms with Gasteiger partial charge in [0.15, 0.2) is 24.5 Å². The molecule has 23 heteroatoms. The number of nitrogens with one attached hydrogen (secondary N) is 3. The third kappa shape index (κ3) is 7.58. The third-order valence-corrected chi connectivity index (χ3v) is 8.30. The summed E-state index contributed by atoms with van der Waals surface area (Å²) in [5, 5.41) is 87.2. The molecular formula is C21H42N7O15P. The van der Waals surface area contributed by atoms with Crippen molar-refractivity contribution in [3.05, 3.63) is 0 Å². The first kappa shape index (κ1) is 36.6. The fraction of sp³-hybridized carbons (Fsp3) is 0.905. The number of hydrogen-bond acceptors (Lipinski definition) is 16. The van der Waals surface area contributed by atoms with Crippen molar-refractivity contribution in [2.24, 2.45) is 22.2 Å². The van der Waals surface area contributed by atoms with Crippen LogP contribution in [-0.4, -0.2) is 169 Å². The van der Waals surface area contributed by atoms with Gasteiger partial charge in [0, 0.05) is 0 Å². The van der Waals surface area contributed by atoms with Crippen molar-refractivity contribution >= 4 is 19.7 Å². The Balaban J connectivity index is 1.98. The minimum atomic E-state index is -5.22. The number of phosphoric ester groups is 1. The molecule has 0 radical (unpaired) electrons. The van der Waals surface area contributed by atoms with E-state index < -0.39 is 124 Å². The van der Waals surface area contributed by atoms with E-state index >= 15 is 0 Å². The summed E-state index contributed by atoms with van der Waals surface area (Å²) in [7, 11) is -3.91. The molecule has 3 fully saturated rings. The summed E-state index contributed by atoms with van der Waals surface area (Å²) in [5.74, 6) is -1.22. The Bertz CT molecular complexity index is 1070. The van der Waals surface area contributed by atoms with Gasteiger partial charge in [-0.2, -0.15) is 0 Å². The van der Waals surface area contributed by atoms with Crippen LogP contribution in [-0.2, 0) is 28.0 Å². The van der Waals surface area contributed by atoms with E-state index in [-0.39, 0.29) is 0 Å². The van der Waals surface area contributed by atoms with Crippen LogP contribution in [0.5, 0.6) is 0 Å². The Kier molecular flexibility index (Phi) is 11.9. The Morgan fingerprint density at radius 1 is 0.977 bits per heavy atom. The first-order valence-electron chi connectivity index (χ1n) is 13.3. The molecule has 0 unspecified atom stereocenters. The average Bonchev–Trinajstić information content (AvgIpc) is 3.16. The molecule has 3 aliphatic rings. The molecule has 0 aromatic heterocycles. The second-order valence-electron chi connectivity index (χ2n) is 10.6. The minimum Gasteiger partial charge on any atom is -0.394 e. The number of aliphatic imine (C=N–C) groups is 1. The topological polar surface area (TPSA) is 384 Å². The smallest absolute Gasteiger partial charge is 0.394 e. The molecule has 1 aliphatic carbocycles. The van der Waals surface area contributed by atoms with E-state index in [0.29, 0.717) is 0 Å². The number of aliphatic hydroxyl groups excluding tert-OH is 6. The van der Waals surface area contributed by atoms with Gasteiger partial charge in [-0.25, -0.2) is 9.56 Å². The van der Waals surface area contributed by atoms with Crippen molar-refractivity contribution in [1.29, 1.82) is 5.41 Å². The van der Waals surface area contributed by atoms with Crippen LogP contribution in [0.4, 0.5) is 0 Å². The van der Waals surface area contributed by atoms with Gasteiger partial charge in [0.2, 0.25) is 0 Å². The van der Waals surface area contributed by atoms with Crippen molar-refractivity contribution in [3.63, 3.8) is 0 Å². The van der Waals surface area contributed by atoms with Crippen LogP contribution in [0.15, 0.2) is 4.99 Å². The highest BCUT2D eigenvalue weighted by atomic mass is 31.2. The van der Waals surface area contributed by atoms with E-state index in [1.165, 1.54) is 14.0 Å². The average molecular weight is 664 g/mol. The molecule has 22 nitrogen and oxygen atoms in total. The number of ether oxygens (including phenoxy) is 4. The highest BCUT2D eigenvalue weighted by Gasteiger charge is 2.60. The lowest BCUT2D eigenvalue weighted by Gasteiger charge is -2.47. The van der Waals surface area contributed by atoms with Crippen molar-refractivity contribution < 1.29 is 73.6 Å². The fourth-order valence-corrected chi connectivity index (χ4v) is 6.06. The molecule has 15 atom stereocenters. The molecular weight excluding hydrogens is 621 g/mol. The molecule has 44 heavy (non-hydrogen) atoms. The standard InChI is InChI=1S/C21H42N7O15P/c1-5-21(35,4-30)16(42-17-9(26-2)15(43-44(36,37)38)10(31)6(3-29)40-17)18(39-5)41-14-8(28-20(24)25)11(32)7(27-19(22)23)12(33)13(14)34/h5-18,26,29-35H,3-4H2,1-2H3,(H4,22,23,27)(H4,24,25,28)(H2,36,37,38)/t5-,6-,7+,8-,9-,10-,11+,12-,13+,14+,15-,16-,17-,18-,21+/m0/s1. The number of nitrogens with zero attached hydrogens (tertiary/aromatic N) is 1. The molecule has 2 saturated heterocycles. The lowest BCUT2D eigenvalue weighted by atomic mass is 9.81. The van der Waals surface area contributed by atoms with Crippen molar-refractivity contribution in [1.82, 2.24) is 10.6 Å². The first-order valence-corrected chi connectivity index (χ1v) is 14.8. The summed E-state index contributed by atoms with van der Waals surface area (Å²) in [4.78, 5) is 22.5. The molecule has 1 saturated carbocycles. The molecule has 18 N–H and O–H groups in total. The normalized spacial score (nSPS) is 44.7. The molecule has 256 valence electrons. The Labute approximate surface area is 250 Å². The lowest BCUT2D eigenvalue weighted by Crippen LogP contribution is -2.70. The summed E-state index contributed by atoms with van der Waals surface area (Å²) in [5.41, 5.74) is 14.0. The van der Waals surface area contributed by atoms with Crippen LogP contribution in [0.25, 0.3) is 0 Å². The van der Waals surface area contributed by atoms with E-state index in [9.17, 15) is 50.1 Å². The molecule has 0 spiro atoms. The number of likely N-dealkylation sites (N-methyl/N-ethyl adjacent to an activating group) is 1. The molecule has 0 amide bonds. The van der Waals surface area contributed by atoms with Gasteiger partial charge >= 0.3 is 7.82 Å². The monoisotopic (exact) mass is 663 g/mol. The Morgan fingerprint density at radius 2 is 1.61 bits per heavy atom. The number of rotatable bonds is 11. The second-order valence-corrected chi connectivity index (χ2v) is 11.8. The van der Waals surface area contributed by atoms with Crippen LogP contribution in [0.2, 0.25) is 0 Å². The van der Waals surface area contributed by atoms with Crippen LogP contribution in [0.3, 0.4) is 0 Å². The van der Waals surface area contributed by atoms with Gasteiger partial charge in [0.1, 0.15) is 60.5 Å². The van der Waals surface area contributed by atoms with Crippen LogP contribution in [0, 0.1) is 5.41 Å². The number of aliphatic hydroxyl groups is 7. The summed E-state index contributed by atoms with van der Waals surface area (Å²) in [6.45, 7) is -0.543. The fourth-order valence-electron chi connectivity index (χ4n) is 5.49. The molecule has 0 aromatic rings. The van der Waals surface area contributed by atoms with Crippen LogP contribution >= 0.6 is 7.82 Å². The van der Waals surface area contributed by atoms with Gasteiger partial charge in [-0.3, -0.25) is 9.93 Å². The summed E-state index contributed by atoms with van der Waals surface area (Å²) in [6, 6.07) is -4.36. The predicted molar refractivity (Wildman–Crippen MR) is 144 cm³/mol. The van der Waals surface area contributed by atoms with Crippen LogP contribution < -0.4 is 27.8 Å². The van der Waals surface area contributed by atoms with Crippen molar-refractivity contribution in [2.45, 2.75) is 98.2 Å². The number of guanidine groups is 2. The third-order valence-electron chi connectivity index (χ3n) is 7.78. The van der Waals surface area contributed by atoms with Gasteiger partial charge in [-0.15, -0.1) is 0 Å². The van der Waals surface area contributed by atoms with Crippen molar-refractivity contribution in [3.8, 4) is 0 Å². The zero-order chi connectivity index (χ0) is 33.3. The van der Waals surface area contributed by atoms with Gasteiger partial charge in [-0.1, -0.05) is 0 Å². The van der Waals surface area contributed by atoms with Gasteiger partial charge in [0.25, 0.3) is 0 Å². The number of phosphoric acid groups is 1. The molecule has 2 aliphatic heterocycles. The van der Waals surface area contributed by atoms with E-state index in [1.54, 1.807) is 0 Å². The summed E-state index contributed by atoms with van der Waals surface area (Å²) >= 11 is 0. The van der Waals surface area contributed by atoms with E-state index in [0.717, 1.165) is 0 Å². The highest BCUT2D eigenvalue weighted by molar-refractivity contribution is 7.46. The maximum atomic E-state index is 11.7. The van der Waals surface area contributed by atoms with Crippen molar-refractivity contribution in [2.75, 3.05) is 20.3 Å². The summed E-state index contributed by atoms with van der Waals surface area (Å²) < 4.78 is 39.5. The minimum absolute atomic E-state index is 0.533. The first-order chi connectivity index (χ1) is 20.4. The second kappa shape index (κ2) is 14.3.